The zero-order valence-corrected chi connectivity index (χ0v) is 11.3. The molecule has 2 rings (SSSR count). The minimum Gasteiger partial charge on any atom is -0.326 e. The molecule has 1 aliphatic rings. The Morgan fingerprint density at radius 3 is 2.61 bits per heavy atom. The summed E-state index contributed by atoms with van der Waals surface area (Å²) >= 11 is 0. The molecule has 0 aromatic heterocycles. The zero-order chi connectivity index (χ0) is 13.0. The second kappa shape index (κ2) is 6.43. The summed E-state index contributed by atoms with van der Waals surface area (Å²) in [4.78, 5) is 0. The van der Waals surface area contributed by atoms with Crippen LogP contribution in [0.15, 0.2) is 18.2 Å². The van der Waals surface area contributed by atoms with E-state index in [-0.39, 0.29) is 11.1 Å². The van der Waals surface area contributed by atoms with Gasteiger partial charge in [-0.05, 0) is 36.1 Å². The molecule has 4 heteroatoms. The molecule has 0 radical (unpaired) electrons. The Morgan fingerprint density at radius 1 is 1.22 bits per heavy atom. The van der Waals surface area contributed by atoms with Crippen molar-refractivity contribution in [3.63, 3.8) is 0 Å². The minimum atomic E-state index is -0.900. The van der Waals surface area contributed by atoms with Crippen molar-refractivity contribution in [3.05, 3.63) is 35.1 Å². The van der Waals surface area contributed by atoms with Crippen LogP contribution in [0, 0.1) is 5.82 Å². The van der Waals surface area contributed by atoms with Crippen molar-refractivity contribution in [2.75, 3.05) is 0 Å². The maximum Gasteiger partial charge on any atom is 0.123 e. The summed E-state index contributed by atoms with van der Waals surface area (Å²) in [7, 11) is -0.900. The number of hydrogen-bond donors (Lipinski definition) is 1. The molecule has 1 fully saturated rings. The van der Waals surface area contributed by atoms with Gasteiger partial charge in [0.1, 0.15) is 5.82 Å². The van der Waals surface area contributed by atoms with E-state index >= 15 is 0 Å². The summed E-state index contributed by atoms with van der Waals surface area (Å²) in [6, 6.07) is 4.58. The maximum absolute atomic E-state index is 13.2. The van der Waals surface area contributed by atoms with Gasteiger partial charge in [0.2, 0.25) is 0 Å². The van der Waals surface area contributed by atoms with E-state index in [1.165, 1.54) is 31.4 Å². The molecule has 0 aliphatic heterocycles. The third-order valence-corrected chi connectivity index (χ3v) is 5.42. The van der Waals surface area contributed by atoms with Crippen LogP contribution in [0.1, 0.15) is 43.2 Å². The Morgan fingerprint density at radius 2 is 1.94 bits per heavy atom. The normalized spacial score (nSPS) is 18.8. The average molecular weight is 269 g/mol. The van der Waals surface area contributed by atoms with Crippen LogP contribution in [0.2, 0.25) is 0 Å². The SMILES string of the molecule is NCc1ccc(F)cc1CS(=O)C1CCCCC1. The van der Waals surface area contributed by atoms with Crippen LogP contribution in [-0.4, -0.2) is 9.46 Å². The predicted molar refractivity (Wildman–Crippen MR) is 73.0 cm³/mol. The van der Waals surface area contributed by atoms with E-state index in [1.807, 2.05) is 0 Å². The van der Waals surface area contributed by atoms with E-state index < -0.39 is 10.8 Å². The Bertz CT molecular complexity index is 430. The quantitative estimate of drug-likeness (QED) is 0.913. The highest BCUT2D eigenvalue weighted by molar-refractivity contribution is 7.84. The summed E-state index contributed by atoms with van der Waals surface area (Å²) in [5.41, 5.74) is 7.34. The fourth-order valence-corrected chi connectivity index (χ4v) is 4.20. The van der Waals surface area contributed by atoms with Crippen molar-refractivity contribution in [2.24, 2.45) is 5.73 Å². The molecule has 2 N–H and O–H groups in total. The second-order valence-corrected chi connectivity index (χ2v) is 6.62. The van der Waals surface area contributed by atoms with Crippen LogP contribution >= 0.6 is 0 Å². The Labute approximate surface area is 110 Å². The van der Waals surface area contributed by atoms with E-state index in [0.29, 0.717) is 12.3 Å². The van der Waals surface area contributed by atoms with Gasteiger partial charge in [0, 0.05) is 28.3 Å². The monoisotopic (exact) mass is 269 g/mol. The van der Waals surface area contributed by atoms with Gasteiger partial charge in [0.05, 0.1) is 0 Å². The van der Waals surface area contributed by atoms with Gasteiger partial charge in [0.25, 0.3) is 0 Å². The molecule has 2 nitrogen and oxygen atoms in total. The number of benzene rings is 1. The second-order valence-electron chi connectivity index (χ2n) is 4.90. The predicted octanol–water partition coefficient (Wildman–Crippen LogP) is 2.87. The first-order chi connectivity index (χ1) is 8.70. The molecular weight excluding hydrogens is 249 g/mol. The van der Waals surface area contributed by atoms with Gasteiger partial charge >= 0.3 is 0 Å². The van der Waals surface area contributed by atoms with Crippen LogP contribution in [0.4, 0.5) is 4.39 Å². The van der Waals surface area contributed by atoms with Gasteiger partial charge < -0.3 is 5.73 Å². The summed E-state index contributed by atoms with van der Waals surface area (Å²) in [6.45, 7) is 0.372. The highest BCUT2D eigenvalue weighted by Crippen LogP contribution is 2.24. The van der Waals surface area contributed by atoms with Gasteiger partial charge in [-0.3, -0.25) is 4.21 Å². The number of nitrogens with two attached hydrogens (primary N) is 1. The van der Waals surface area contributed by atoms with Crippen LogP contribution in [-0.2, 0) is 23.1 Å². The largest absolute Gasteiger partial charge is 0.326 e. The average Bonchev–Trinajstić information content (AvgIpc) is 2.40. The van der Waals surface area contributed by atoms with E-state index in [2.05, 4.69) is 0 Å². The summed E-state index contributed by atoms with van der Waals surface area (Å²) in [5, 5.41) is 0.285. The van der Waals surface area contributed by atoms with Crippen molar-refractivity contribution in [2.45, 2.75) is 49.7 Å². The van der Waals surface area contributed by atoms with Crippen molar-refractivity contribution in [1.29, 1.82) is 0 Å². The lowest BCUT2D eigenvalue weighted by atomic mass is 10.0. The first-order valence-electron chi connectivity index (χ1n) is 6.55. The van der Waals surface area contributed by atoms with Gasteiger partial charge in [0.15, 0.2) is 0 Å². The molecule has 0 amide bonds. The number of halogens is 1. The molecule has 1 atom stereocenters. The first-order valence-corrected chi connectivity index (χ1v) is 7.93. The number of hydrogen-bond acceptors (Lipinski definition) is 2. The summed E-state index contributed by atoms with van der Waals surface area (Å²) in [6.07, 6.45) is 5.67. The molecule has 1 saturated carbocycles. The highest BCUT2D eigenvalue weighted by atomic mass is 32.2. The van der Waals surface area contributed by atoms with Crippen molar-refractivity contribution in [3.8, 4) is 0 Å². The van der Waals surface area contributed by atoms with E-state index in [1.54, 1.807) is 6.07 Å². The molecule has 1 aliphatic carbocycles. The third kappa shape index (κ3) is 3.39. The Kier molecular flexibility index (Phi) is 4.89. The van der Waals surface area contributed by atoms with Crippen LogP contribution in [0.3, 0.4) is 0 Å². The van der Waals surface area contributed by atoms with E-state index in [0.717, 1.165) is 24.0 Å². The fourth-order valence-electron chi connectivity index (χ4n) is 2.53. The molecular formula is C14H20FNOS. The van der Waals surface area contributed by atoms with Gasteiger partial charge in [-0.25, -0.2) is 4.39 Å². The van der Waals surface area contributed by atoms with Gasteiger partial charge in [-0.1, -0.05) is 25.3 Å². The lowest BCUT2D eigenvalue weighted by molar-refractivity contribution is 0.504. The lowest BCUT2D eigenvalue weighted by Gasteiger charge is -2.21. The molecule has 0 heterocycles. The lowest BCUT2D eigenvalue weighted by Crippen LogP contribution is -2.20. The number of rotatable bonds is 4. The van der Waals surface area contributed by atoms with Crippen molar-refractivity contribution < 1.29 is 8.60 Å². The molecule has 18 heavy (non-hydrogen) atoms. The van der Waals surface area contributed by atoms with E-state index in [9.17, 15) is 8.60 Å². The van der Waals surface area contributed by atoms with Crippen molar-refractivity contribution in [1.82, 2.24) is 0 Å². The maximum atomic E-state index is 13.2. The van der Waals surface area contributed by atoms with E-state index in [4.69, 9.17) is 5.73 Å². The molecule has 100 valence electrons. The smallest absolute Gasteiger partial charge is 0.123 e. The molecule has 0 spiro atoms. The molecule has 1 unspecified atom stereocenters. The summed E-state index contributed by atoms with van der Waals surface area (Å²) in [5.74, 6) is 0.164. The fraction of sp³-hybridized carbons (Fsp3) is 0.571. The zero-order valence-electron chi connectivity index (χ0n) is 10.5. The van der Waals surface area contributed by atoms with Crippen LogP contribution in [0.25, 0.3) is 0 Å². The molecule has 0 bridgehead atoms. The molecule has 1 aromatic carbocycles. The highest BCUT2D eigenvalue weighted by Gasteiger charge is 2.20. The van der Waals surface area contributed by atoms with Crippen molar-refractivity contribution >= 4 is 10.8 Å². The van der Waals surface area contributed by atoms with Crippen LogP contribution in [0.5, 0.6) is 0 Å². The standard InChI is InChI=1S/C14H20FNOS/c15-13-7-6-11(9-16)12(8-13)10-18(17)14-4-2-1-3-5-14/h6-8,14H,1-5,9-10,16H2. The minimum absolute atomic E-state index is 0.275. The third-order valence-electron chi connectivity index (χ3n) is 3.61. The van der Waals surface area contributed by atoms with Crippen LogP contribution < -0.4 is 5.73 Å². The molecule has 0 saturated heterocycles. The summed E-state index contributed by atoms with van der Waals surface area (Å²) < 4.78 is 25.5. The van der Waals surface area contributed by atoms with Gasteiger partial charge in [-0.2, -0.15) is 0 Å². The Balaban J connectivity index is 2.07. The van der Waals surface area contributed by atoms with Gasteiger partial charge in [-0.15, -0.1) is 0 Å². The Hall–Kier alpha value is -0.740. The first kappa shape index (κ1) is 13.7. The molecule has 1 aromatic rings. The topological polar surface area (TPSA) is 43.1 Å².